The third kappa shape index (κ3) is 4.04. The molecule has 2 heterocycles. The van der Waals surface area contributed by atoms with Crippen molar-refractivity contribution < 1.29 is 14.0 Å². The third-order valence-corrected chi connectivity index (χ3v) is 7.06. The lowest BCUT2D eigenvalue weighted by Crippen LogP contribution is -2.59. The van der Waals surface area contributed by atoms with Crippen LogP contribution in [0.25, 0.3) is 0 Å². The van der Waals surface area contributed by atoms with Gasteiger partial charge in [-0.05, 0) is 49.8 Å². The number of nitrogens with zero attached hydrogens (tertiary/aromatic N) is 3. The highest BCUT2D eigenvalue weighted by Crippen LogP contribution is 2.36. The van der Waals surface area contributed by atoms with E-state index in [1.807, 2.05) is 11.0 Å². The molecule has 3 fully saturated rings. The maximum atomic E-state index is 13.9. The minimum atomic E-state index is -0.884. The van der Waals surface area contributed by atoms with E-state index >= 15 is 0 Å². The number of amides is 2. The molecule has 1 atom stereocenters. The average molecular weight is 402 g/mol. The maximum absolute atomic E-state index is 13.9. The maximum Gasteiger partial charge on any atom is 0.248 e. The van der Waals surface area contributed by atoms with E-state index in [9.17, 15) is 14.0 Å². The average Bonchev–Trinajstić information content (AvgIpc) is 2.92. The summed E-state index contributed by atoms with van der Waals surface area (Å²) in [5.41, 5.74) is -0.108. The summed E-state index contributed by atoms with van der Waals surface area (Å²) in [6, 6.07) is 7.13. The van der Waals surface area contributed by atoms with Crippen LogP contribution in [0.5, 0.6) is 0 Å². The van der Waals surface area contributed by atoms with Crippen molar-refractivity contribution >= 4 is 11.8 Å². The Kier molecular flexibility index (Phi) is 5.91. The molecule has 0 bridgehead atoms. The van der Waals surface area contributed by atoms with E-state index in [1.54, 1.807) is 17.9 Å². The summed E-state index contributed by atoms with van der Waals surface area (Å²) in [5.74, 6) is -0.327. The SMILES string of the molecule is CC(=O)N1CCCC1(Cc1cccc(F)c1)C(=O)N1CCCN(C2CCC2)CC1. The summed E-state index contributed by atoms with van der Waals surface area (Å²) in [6.07, 6.45) is 6.66. The Morgan fingerprint density at radius 3 is 2.59 bits per heavy atom. The molecule has 2 amide bonds. The Hall–Kier alpha value is -1.95. The minimum Gasteiger partial charge on any atom is -0.339 e. The summed E-state index contributed by atoms with van der Waals surface area (Å²) >= 11 is 0. The first kappa shape index (κ1) is 20.3. The molecule has 5 nitrogen and oxygen atoms in total. The fraction of sp³-hybridized carbons (Fsp3) is 0.652. The van der Waals surface area contributed by atoms with Crippen LogP contribution in [0.4, 0.5) is 4.39 Å². The van der Waals surface area contributed by atoms with Crippen molar-refractivity contribution in [2.24, 2.45) is 0 Å². The number of hydrogen-bond donors (Lipinski definition) is 0. The molecule has 1 unspecified atom stereocenters. The second kappa shape index (κ2) is 8.42. The molecule has 0 aromatic heterocycles. The van der Waals surface area contributed by atoms with E-state index in [1.165, 1.54) is 31.4 Å². The molecule has 29 heavy (non-hydrogen) atoms. The normalized spacial score (nSPS) is 26.3. The number of hydrogen-bond acceptors (Lipinski definition) is 3. The van der Waals surface area contributed by atoms with Gasteiger partial charge in [0.25, 0.3) is 0 Å². The van der Waals surface area contributed by atoms with E-state index in [0.29, 0.717) is 32.0 Å². The number of carbonyl (C=O) groups excluding carboxylic acids is 2. The molecule has 158 valence electrons. The Morgan fingerprint density at radius 1 is 1.07 bits per heavy atom. The molecule has 2 aliphatic heterocycles. The summed E-state index contributed by atoms with van der Waals surface area (Å²) < 4.78 is 13.8. The molecule has 2 saturated heterocycles. The quantitative estimate of drug-likeness (QED) is 0.779. The third-order valence-electron chi connectivity index (χ3n) is 7.06. The van der Waals surface area contributed by atoms with Crippen LogP contribution in [0.2, 0.25) is 0 Å². The number of likely N-dealkylation sites (tertiary alicyclic amines) is 1. The van der Waals surface area contributed by atoms with E-state index in [-0.39, 0.29) is 17.6 Å². The highest BCUT2D eigenvalue weighted by Gasteiger charge is 2.50. The molecule has 1 aliphatic carbocycles. The standard InChI is InChI=1S/C23H32FN3O2/c1-18(28)27-13-4-10-23(27,17-19-6-2-7-20(24)16-19)22(29)26-12-5-11-25(14-15-26)21-8-3-9-21/h2,6-7,16,21H,3-5,8-15,17H2,1H3. The van der Waals surface area contributed by atoms with Crippen LogP contribution in [-0.2, 0) is 16.0 Å². The van der Waals surface area contributed by atoms with Crippen LogP contribution in [0.1, 0.15) is 51.0 Å². The van der Waals surface area contributed by atoms with Gasteiger partial charge >= 0.3 is 0 Å². The van der Waals surface area contributed by atoms with Gasteiger partial charge in [-0.3, -0.25) is 14.5 Å². The van der Waals surface area contributed by atoms with Crippen LogP contribution in [-0.4, -0.2) is 70.8 Å². The lowest BCUT2D eigenvalue weighted by atomic mass is 9.86. The predicted octanol–water partition coefficient (Wildman–Crippen LogP) is 2.84. The fourth-order valence-electron chi connectivity index (χ4n) is 5.36. The summed E-state index contributed by atoms with van der Waals surface area (Å²) in [5, 5.41) is 0. The zero-order valence-electron chi connectivity index (χ0n) is 17.4. The molecule has 1 aromatic carbocycles. The van der Waals surface area contributed by atoms with Crippen molar-refractivity contribution in [2.75, 3.05) is 32.7 Å². The van der Waals surface area contributed by atoms with Crippen molar-refractivity contribution in [3.8, 4) is 0 Å². The van der Waals surface area contributed by atoms with E-state index in [0.717, 1.165) is 38.0 Å². The highest BCUT2D eigenvalue weighted by atomic mass is 19.1. The van der Waals surface area contributed by atoms with Crippen molar-refractivity contribution in [1.29, 1.82) is 0 Å². The number of benzene rings is 1. The Morgan fingerprint density at radius 2 is 1.90 bits per heavy atom. The van der Waals surface area contributed by atoms with Gasteiger partial charge in [0, 0.05) is 52.1 Å². The van der Waals surface area contributed by atoms with Crippen LogP contribution >= 0.6 is 0 Å². The van der Waals surface area contributed by atoms with Crippen molar-refractivity contribution in [3.05, 3.63) is 35.6 Å². The number of rotatable bonds is 4. The van der Waals surface area contributed by atoms with Gasteiger partial charge in [-0.25, -0.2) is 4.39 Å². The van der Waals surface area contributed by atoms with E-state index < -0.39 is 5.54 Å². The van der Waals surface area contributed by atoms with Gasteiger partial charge in [0.15, 0.2) is 0 Å². The highest BCUT2D eigenvalue weighted by molar-refractivity contribution is 5.92. The Labute approximate surface area is 172 Å². The minimum absolute atomic E-state index is 0.0462. The Balaban J connectivity index is 1.57. The monoisotopic (exact) mass is 401 g/mol. The van der Waals surface area contributed by atoms with Crippen LogP contribution < -0.4 is 0 Å². The first-order valence-electron chi connectivity index (χ1n) is 11.1. The first-order valence-corrected chi connectivity index (χ1v) is 11.1. The number of carbonyl (C=O) groups is 2. The smallest absolute Gasteiger partial charge is 0.248 e. The van der Waals surface area contributed by atoms with E-state index in [2.05, 4.69) is 4.90 Å². The van der Waals surface area contributed by atoms with Gasteiger partial charge in [0.2, 0.25) is 11.8 Å². The largest absolute Gasteiger partial charge is 0.339 e. The molecule has 1 saturated carbocycles. The van der Waals surface area contributed by atoms with Gasteiger partial charge in [0.05, 0.1) is 0 Å². The van der Waals surface area contributed by atoms with Gasteiger partial charge in [-0.1, -0.05) is 18.6 Å². The summed E-state index contributed by atoms with van der Waals surface area (Å²) in [6.45, 7) is 5.54. The first-order chi connectivity index (χ1) is 14.0. The van der Waals surface area contributed by atoms with Crippen molar-refractivity contribution in [1.82, 2.24) is 14.7 Å². The molecule has 1 aromatic rings. The molecule has 0 spiro atoms. The molecule has 0 radical (unpaired) electrons. The molecule has 6 heteroatoms. The van der Waals surface area contributed by atoms with Crippen molar-refractivity contribution in [3.63, 3.8) is 0 Å². The molecule has 4 rings (SSSR count). The van der Waals surface area contributed by atoms with Crippen LogP contribution in [0.15, 0.2) is 24.3 Å². The molecular formula is C23H32FN3O2. The van der Waals surface area contributed by atoms with Gasteiger partial charge in [-0.15, -0.1) is 0 Å². The van der Waals surface area contributed by atoms with E-state index in [4.69, 9.17) is 0 Å². The zero-order valence-corrected chi connectivity index (χ0v) is 17.4. The van der Waals surface area contributed by atoms with Gasteiger partial charge in [-0.2, -0.15) is 0 Å². The predicted molar refractivity (Wildman–Crippen MR) is 110 cm³/mol. The molecule has 0 N–H and O–H groups in total. The lowest BCUT2D eigenvalue weighted by Gasteiger charge is -2.41. The zero-order chi connectivity index (χ0) is 20.4. The lowest BCUT2D eigenvalue weighted by molar-refractivity contribution is -0.150. The molecular weight excluding hydrogens is 369 g/mol. The van der Waals surface area contributed by atoms with Crippen molar-refractivity contribution in [2.45, 2.75) is 63.5 Å². The van der Waals surface area contributed by atoms with Gasteiger partial charge < -0.3 is 9.80 Å². The van der Waals surface area contributed by atoms with Gasteiger partial charge in [0.1, 0.15) is 11.4 Å². The number of halogens is 1. The fourth-order valence-corrected chi connectivity index (χ4v) is 5.36. The second-order valence-electron chi connectivity index (χ2n) is 8.88. The Bertz CT molecular complexity index is 766. The summed E-state index contributed by atoms with van der Waals surface area (Å²) in [7, 11) is 0. The summed E-state index contributed by atoms with van der Waals surface area (Å²) in [4.78, 5) is 32.5. The van der Waals surface area contributed by atoms with Crippen LogP contribution in [0, 0.1) is 5.82 Å². The second-order valence-corrected chi connectivity index (χ2v) is 8.88. The molecule has 3 aliphatic rings. The topological polar surface area (TPSA) is 43.9 Å². The van der Waals surface area contributed by atoms with Crippen LogP contribution in [0.3, 0.4) is 0 Å².